The number of anilines is 1. The first-order chi connectivity index (χ1) is 14.5. The number of rotatable bonds is 7. The fourth-order valence-electron chi connectivity index (χ4n) is 2.53. The predicted octanol–water partition coefficient (Wildman–Crippen LogP) is 4.55. The lowest BCUT2D eigenvalue weighted by molar-refractivity contribution is -0.384. The minimum atomic E-state index is -0.504. The number of amides is 1. The van der Waals surface area contributed by atoms with Crippen molar-refractivity contribution in [1.82, 2.24) is 4.98 Å². The first-order valence-electron chi connectivity index (χ1n) is 8.95. The maximum atomic E-state index is 12.3. The summed E-state index contributed by atoms with van der Waals surface area (Å²) in [4.78, 5) is 39.4. The zero-order valence-electron chi connectivity index (χ0n) is 15.9. The van der Waals surface area contributed by atoms with Crippen molar-refractivity contribution in [3.8, 4) is 11.3 Å². The second-order valence-electron chi connectivity index (χ2n) is 5.95. The summed E-state index contributed by atoms with van der Waals surface area (Å²) in [6, 6.07) is 14.9. The molecule has 0 aliphatic heterocycles. The van der Waals surface area contributed by atoms with Gasteiger partial charge in [-0.25, -0.2) is 9.78 Å². The first kappa shape index (κ1) is 20.9. The van der Waals surface area contributed by atoms with Crippen molar-refractivity contribution in [2.24, 2.45) is 0 Å². The minimum absolute atomic E-state index is 0.0284. The predicted molar refractivity (Wildman–Crippen MR) is 114 cm³/mol. The SMILES string of the molecule is CCOC(=O)c1sc(NC(=O)/C=C/c2ccc([N+](=O)[O-])cc2)nc1-c1ccccc1. The van der Waals surface area contributed by atoms with Gasteiger partial charge in [0.2, 0.25) is 5.91 Å². The molecule has 0 saturated carbocycles. The number of nitrogens with one attached hydrogen (secondary N) is 1. The monoisotopic (exact) mass is 423 g/mol. The highest BCUT2D eigenvalue weighted by atomic mass is 32.1. The van der Waals surface area contributed by atoms with E-state index < -0.39 is 16.8 Å². The Balaban J connectivity index is 1.77. The van der Waals surface area contributed by atoms with E-state index >= 15 is 0 Å². The molecule has 0 aliphatic carbocycles. The average molecular weight is 423 g/mol. The van der Waals surface area contributed by atoms with Crippen LogP contribution >= 0.6 is 11.3 Å². The lowest BCUT2D eigenvalue weighted by Crippen LogP contribution is -2.07. The number of carbonyl (C=O) groups excluding carboxylic acids is 2. The second kappa shape index (κ2) is 9.57. The van der Waals surface area contributed by atoms with Gasteiger partial charge in [-0.1, -0.05) is 41.7 Å². The van der Waals surface area contributed by atoms with Crippen LogP contribution in [0.1, 0.15) is 22.2 Å². The Morgan fingerprint density at radius 2 is 1.87 bits per heavy atom. The van der Waals surface area contributed by atoms with Crippen molar-refractivity contribution in [2.75, 3.05) is 11.9 Å². The molecule has 1 amide bonds. The molecule has 0 bridgehead atoms. The van der Waals surface area contributed by atoms with Gasteiger partial charge in [0.1, 0.15) is 4.88 Å². The van der Waals surface area contributed by atoms with Crippen LogP contribution in [0.25, 0.3) is 17.3 Å². The molecule has 9 heteroatoms. The number of carbonyl (C=O) groups is 2. The van der Waals surface area contributed by atoms with E-state index in [9.17, 15) is 19.7 Å². The van der Waals surface area contributed by atoms with E-state index in [4.69, 9.17) is 4.74 Å². The molecule has 0 aliphatic rings. The molecule has 3 aromatic rings. The number of non-ortho nitro benzene ring substituents is 1. The highest BCUT2D eigenvalue weighted by molar-refractivity contribution is 7.18. The Kier molecular flexibility index (Phi) is 6.66. The van der Waals surface area contributed by atoms with E-state index in [-0.39, 0.29) is 17.4 Å². The van der Waals surface area contributed by atoms with Crippen molar-refractivity contribution in [3.63, 3.8) is 0 Å². The highest BCUT2D eigenvalue weighted by Crippen LogP contribution is 2.31. The van der Waals surface area contributed by atoms with Gasteiger partial charge < -0.3 is 4.74 Å². The van der Waals surface area contributed by atoms with Crippen LogP contribution in [0.4, 0.5) is 10.8 Å². The standard InChI is InChI=1S/C21H17N3O5S/c1-2-29-20(26)19-18(15-6-4-3-5-7-15)23-21(30-19)22-17(25)13-10-14-8-11-16(12-9-14)24(27)28/h3-13H,2H2,1H3,(H,22,23,25)/b13-10+. The van der Waals surface area contributed by atoms with E-state index in [0.717, 1.165) is 16.9 Å². The molecule has 1 heterocycles. The van der Waals surface area contributed by atoms with Crippen LogP contribution in [0.5, 0.6) is 0 Å². The Bertz CT molecular complexity index is 1090. The summed E-state index contributed by atoms with van der Waals surface area (Å²) in [5, 5.41) is 13.6. The quantitative estimate of drug-likeness (QED) is 0.258. The van der Waals surface area contributed by atoms with Crippen molar-refractivity contribution in [1.29, 1.82) is 0 Å². The van der Waals surface area contributed by atoms with E-state index in [1.165, 1.54) is 36.4 Å². The maximum absolute atomic E-state index is 12.3. The summed E-state index contributed by atoms with van der Waals surface area (Å²) >= 11 is 1.03. The number of nitrogens with zero attached hydrogens (tertiary/aromatic N) is 2. The summed E-state index contributed by atoms with van der Waals surface area (Å²) in [6.07, 6.45) is 2.81. The maximum Gasteiger partial charge on any atom is 0.350 e. The number of nitro groups is 1. The summed E-state index contributed by atoms with van der Waals surface area (Å²) in [5.74, 6) is -0.951. The Morgan fingerprint density at radius 3 is 2.50 bits per heavy atom. The molecule has 8 nitrogen and oxygen atoms in total. The fraction of sp³-hybridized carbons (Fsp3) is 0.0952. The molecule has 152 valence electrons. The van der Waals surface area contributed by atoms with Crippen LogP contribution in [0.15, 0.2) is 60.7 Å². The second-order valence-corrected chi connectivity index (χ2v) is 6.95. The molecular weight excluding hydrogens is 406 g/mol. The fourth-order valence-corrected chi connectivity index (χ4v) is 3.41. The van der Waals surface area contributed by atoms with Crippen LogP contribution in [0, 0.1) is 10.1 Å². The van der Waals surface area contributed by atoms with E-state index in [2.05, 4.69) is 10.3 Å². The van der Waals surface area contributed by atoms with Gasteiger partial charge >= 0.3 is 5.97 Å². The lowest BCUT2D eigenvalue weighted by atomic mass is 10.1. The summed E-state index contributed by atoms with van der Waals surface area (Å²) in [6.45, 7) is 1.94. The van der Waals surface area contributed by atoms with Crippen LogP contribution in [-0.4, -0.2) is 28.4 Å². The molecule has 0 radical (unpaired) electrons. The minimum Gasteiger partial charge on any atom is -0.462 e. The Labute approximate surface area is 176 Å². The zero-order chi connectivity index (χ0) is 21.5. The molecule has 1 N–H and O–H groups in total. The molecule has 0 saturated heterocycles. The summed E-state index contributed by atoms with van der Waals surface area (Å²) in [5.41, 5.74) is 1.78. The molecule has 2 aromatic carbocycles. The number of thiazole rings is 1. The normalized spacial score (nSPS) is 10.7. The molecular formula is C21H17N3O5S. The van der Waals surface area contributed by atoms with Gasteiger partial charge in [0.15, 0.2) is 5.13 Å². The van der Waals surface area contributed by atoms with Gasteiger partial charge in [-0.15, -0.1) is 0 Å². The molecule has 3 rings (SSSR count). The van der Waals surface area contributed by atoms with Crippen LogP contribution < -0.4 is 5.32 Å². The average Bonchev–Trinajstić information content (AvgIpc) is 3.17. The van der Waals surface area contributed by atoms with Gasteiger partial charge in [0, 0.05) is 23.8 Å². The van der Waals surface area contributed by atoms with Crippen molar-refractivity contribution in [3.05, 3.63) is 81.2 Å². The van der Waals surface area contributed by atoms with Crippen LogP contribution in [-0.2, 0) is 9.53 Å². The molecule has 1 aromatic heterocycles. The topological polar surface area (TPSA) is 111 Å². The van der Waals surface area contributed by atoms with Crippen molar-refractivity contribution in [2.45, 2.75) is 6.92 Å². The largest absolute Gasteiger partial charge is 0.462 e. The van der Waals surface area contributed by atoms with Crippen molar-refractivity contribution >= 4 is 40.1 Å². The van der Waals surface area contributed by atoms with Crippen LogP contribution in [0.3, 0.4) is 0 Å². The van der Waals surface area contributed by atoms with Gasteiger partial charge in [-0.2, -0.15) is 0 Å². The van der Waals surface area contributed by atoms with Crippen molar-refractivity contribution < 1.29 is 19.2 Å². The number of nitro benzene ring substituents is 1. The molecule has 0 spiro atoms. The third-order valence-electron chi connectivity index (χ3n) is 3.90. The summed E-state index contributed by atoms with van der Waals surface area (Å²) in [7, 11) is 0. The van der Waals surface area contributed by atoms with Gasteiger partial charge in [0.05, 0.1) is 17.2 Å². The van der Waals surface area contributed by atoms with Gasteiger partial charge in [0.25, 0.3) is 5.69 Å². The first-order valence-corrected chi connectivity index (χ1v) is 9.76. The molecule has 0 unspecified atom stereocenters. The molecule has 0 fully saturated rings. The van der Waals surface area contributed by atoms with E-state index in [1.54, 1.807) is 6.92 Å². The third-order valence-corrected chi connectivity index (χ3v) is 4.85. The van der Waals surface area contributed by atoms with E-state index in [1.807, 2.05) is 30.3 Å². The highest BCUT2D eigenvalue weighted by Gasteiger charge is 2.21. The van der Waals surface area contributed by atoms with Crippen LogP contribution in [0.2, 0.25) is 0 Å². The smallest absolute Gasteiger partial charge is 0.350 e. The number of aromatic nitrogens is 1. The number of hydrogen-bond acceptors (Lipinski definition) is 7. The van der Waals surface area contributed by atoms with Gasteiger partial charge in [-0.3, -0.25) is 20.2 Å². The number of esters is 1. The third kappa shape index (κ3) is 5.15. The Morgan fingerprint density at radius 1 is 1.17 bits per heavy atom. The number of ether oxygens (including phenoxy) is 1. The zero-order valence-corrected chi connectivity index (χ0v) is 16.7. The Hall–Kier alpha value is -3.85. The number of hydrogen-bond donors (Lipinski definition) is 1. The van der Waals surface area contributed by atoms with Gasteiger partial charge in [-0.05, 0) is 30.7 Å². The molecule has 0 atom stereocenters. The number of benzene rings is 2. The lowest BCUT2D eigenvalue weighted by Gasteiger charge is -2.01. The molecule has 30 heavy (non-hydrogen) atoms. The summed E-state index contributed by atoms with van der Waals surface area (Å²) < 4.78 is 5.10. The van der Waals surface area contributed by atoms with E-state index in [0.29, 0.717) is 16.1 Å².